The van der Waals surface area contributed by atoms with Crippen LogP contribution in [0, 0.1) is 0 Å². The van der Waals surface area contributed by atoms with Gasteiger partial charge in [0.25, 0.3) is 0 Å². The standard InChI is InChI=1S/C66H44N2/c1-3-17-45-37-47(31-29-43(45)15-1)55-23-9-10-24-56(55)66-58-36-34-53(67-61-25-11-5-19-48(61)39-49-20-6-12-26-62(49)67)41-59(58)65(52-32-30-44-16-2-4-18-46(44)38-52)57-35-33-54(42-60(57)66)68-63-27-13-7-21-50(63)40-51-22-8-14-28-64(51)68/h1-38,41-42H,39-40H2. The normalized spacial score (nSPS) is 12.8. The number of rotatable bonds is 5. The molecule has 0 fully saturated rings. The minimum atomic E-state index is 0.909. The van der Waals surface area contributed by atoms with Crippen LogP contribution in [0.3, 0.4) is 0 Å². The third kappa shape index (κ3) is 6.11. The molecular formula is C66H44N2. The first-order valence-corrected chi connectivity index (χ1v) is 23.7. The fourth-order valence-electron chi connectivity index (χ4n) is 11.5. The lowest BCUT2D eigenvalue weighted by molar-refractivity contribution is 1.09. The van der Waals surface area contributed by atoms with E-state index >= 15 is 0 Å². The molecule has 2 heterocycles. The van der Waals surface area contributed by atoms with E-state index in [9.17, 15) is 0 Å². The molecule has 14 rings (SSSR count). The van der Waals surface area contributed by atoms with Crippen molar-refractivity contribution in [2.75, 3.05) is 9.80 Å². The number of nitrogens with zero attached hydrogens (tertiary/aromatic N) is 2. The van der Waals surface area contributed by atoms with Gasteiger partial charge in [-0.25, -0.2) is 0 Å². The molecule has 2 nitrogen and oxygen atoms in total. The maximum atomic E-state index is 2.49. The van der Waals surface area contributed by atoms with Gasteiger partial charge < -0.3 is 9.80 Å². The first-order valence-electron chi connectivity index (χ1n) is 23.7. The first kappa shape index (κ1) is 38.5. The highest BCUT2D eigenvalue weighted by Crippen LogP contribution is 2.52. The Morgan fingerprint density at radius 1 is 0.250 bits per heavy atom. The molecule has 2 heteroatoms. The van der Waals surface area contributed by atoms with Crippen molar-refractivity contribution in [3.8, 4) is 33.4 Å². The Morgan fingerprint density at radius 2 is 0.632 bits per heavy atom. The van der Waals surface area contributed by atoms with Crippen molar-refractivity contribution in [1.29, 1.82) is 0 Å². The summed E-state index contributed by atoms with van der Waals surface area (Å²) in [7, 11) is 0. The summed E-state index contributed by atoms with van der Waals surface area (Å²) in [5, 5.41) is 9.80. The number of fused-ring (bicyclic) bond motifs is 8. The summed E-state index contributed by atoms with van der Waals surface area (Å²) in [5.41, 5.74) is 19.8. The Balaban J connectivity index is 1.11. The second-order valence-electron chi connectivity index (χ2n) is 18.4. The Bertz CT molecular complexity index is 3920. The van der Waals surface area contributed by atoms with Gasteiger partial charge >= 0.3 is 0 Å². The summed E-state index contributed by atoms with van der Waals surface area (Å²) in [6.45, 7) is 0. The molecule has 0 bridgehead atoms. The highest BCUT2D eigenvalue weighted by Gasteiger charge is 2.28. The van der Waals surface area contributed by atoms with E-state index in [2.05, 4.69) is 252 Å². The predicted octanol–water partition coefficient (Wildman–Crippen LogP) is 18.0. The van der Waals surface area contributed by atoms with Crippen molar-refractivity contribution in [3.63, 3.8) is 0 Å². The fraction of sp³-hybridized carbons (Fsp3) is 0.0303. The van der Waals surface area contributed by atoms with Crippen molar-refractivity contribution in [3.05, 3.63) is 265 Å². The molecule has 318 valence electrons. The molecule has 12 aromatic carbocycles. The minimum absolute atomic E-state index is 0.909. The summed E-state index contributed by atoms with van der Waals surface area (Å²) in [6, 6.07) is 90.6. The third-order valence-corrected chi connectivity index (χ3v) is 14.6. The number of hydrogen-bond donors (Lipinski definition) is 0. The second-order valence-corrected chi connectivity index (χ2v) is 18.4. The Kier molecular flexibility index (Phi) is 8.75. The van der Waals surface area contributed by atoms with E-state index in [0.717, 1.165) is 24.2 Å². The van der Waals surface area contributed by atoms with Crippen molar-refractivity contribution >= 4 is 77.2 Å². The molecule has 2 aliphatic heterocycles. The van der Waals surface area contributed by atoms with Crippen LogP contribution in [-0.2, 0) is 12.8 Å². The molecule has 0 amide bonds. The van der Waals surface area contributed by atoms with Gasteiger partial charge in [0.2, 0.25) is 0 Å². The molecule has 0 unspecified atom stereocenters. The zero-order chi connectivity index (χ0) is 44.7. The van der Waals surface area contributed by atoms with Crippen LogP contribution >= 0.6 is 0 Å². The van der Waals surface area contributed by atoms with Crippen LogP contribution in [0.15, 0.2) is 243 Å². The first-order chi connectivity index (χ1) is 33.7. The van der Waals surface area contributed by atoms with E-state index in [1.54, 1.807) is 0 Å². The van der Waals surface area contributed by atoms with Gasteiger partial charge in [-0.3, -0.25) is 0 Å². The third-order valence-electron chi connectivity index (χ3n) is 14.6. The van der Waals surface area contributed by atoms with Crippen LogP contribution in [-0.4, -0.2) is 0 Å². The van der Waals surface area contributed by atoms with Crippen molar-refractivity contribution in [2.45, 2.75) is 12.8 Å². The van der Waals surface area contributed by atoms with Gasteiger partial charge in [-0.05, 0) is 159 Å². The SMILES string of the molecule is c1ccc2c(c1)Cc1ccccc1N2c1ccc2c(-c3ccccc3-c3ccc4ccccc4c3)c3cc(N4c5ccccc5Cc5ccccc54)ccc3c(-c3ccc4ccccc4c3)c2c1. The lowest BCUT2D eigenvalue weighted by Gasteiger charge is -2.34. The average Bonchev–Trinajstić information content (AvgIpc) is 3.40. The number of para-hydroxylation sites is 4. The van der Waals surface area contributed by atoms with Gasteiger partial charge in [0, 0.05) is 47.0 Å². The van der Waals surface area contributed by atoms with E-state index in [1.165, 1.54) is 121 Å². The van der Waals surface area contributed by atoms with Crippen LogP contribution < -0.4 is 9.80 Å². The molecule has 0 aliphatic carbocycles. The van der Waals surface area contributed by atoms with Crippen LogP contribution in [0.5, 0.6) is 0 Å². The summed E-state index contributed by atoms with van der Waals surface area (Å²) >= 11 is 0. The summed E-state index contributed by atoms with van der Waals surface area (Å²) in [6.07, 6.45) is 1.82. The highest BCUT2D eigenvalue weighted by molar-refractivity contribution is 6.24. The topological polar surface area (TPSA) is 6.48 Å². The average molecular weight is 865 g/mol. The molecule has 0 atom stereocenters. The zero-order valence-electron chi connectivity index (χ0n) is 37.4. The molecular weight excluding hydrogens is 821 g/mol. The van der Waals surface area contributed by atoms with Crippen molar-refractivity contribution < 1.29 is 0 Å². The lowest BCUT2D eigenvalue weighted by atomic mass is 9.82. The molecule has 68 heavy (non-hydrogen) atoms. The largest absolute Gasteiger partial charge is 0.310 e. The number of anilines is 6. The van der Waals surface area contributed by atoms with E-state index in [-0.39, 0.29) is 0 Å². The fourth-order valence-corrected chi connectivity index (χ4v) is 11.5. The molecule has 0 N–H and O–H groups in total. The van der Waals surface area contributed by atoms with Gasteiger partial charge in [-0.15, -0.1) is 0 Å². The second kappa shape index (κ2) is 15.4. The van der Waals surface area contributed by atoms with Crippen LogP contribution in [0.2, 0.25) is 0 Å². The molecule has 0 saturated heterocycles. The van der Waals surface area contributed by atoms with Gasteiger partial charge in [-0.1, -0.05) is 182 Å². The van der Waals surface area contributed by atoms with Crippen LogP contribution in [0.1, 0.15) is 22.3 Å². The van der Waals surface area contributed by atoms with Gasteiger partial charge in [0.05, 0.1) is 0 Å². The number of benzene rings is 12. The van der Waals surface area contributed by atoms with E-state index in [4.69, 9.17) is 0 Å². The Labute approximate surface area is 396 Å². The Morgan fingerprint density at radius 3 is 1.15 bits per heavy atom. The van der Waals surface area contributed by atoms with E-state index < -0.39 is 0 Å². The summed E-state index contributed by atoms with van der Waals surface area (Å²) in [5.74, 6) is 0. The Hall–Kier alpha value is -8.72. The lowest BCUT2D eigenvalue weighted by Crippen LogP contribution is -2.18. The summed E-state index contributed by atoms with van der Waals surface area (Å²) in [4.78, 5) is 4.97. The quantitative estimate of drug-likeness (QED) is 0.159. The van der Waals surface area contributed by atoms with Gasteiger partial charge in [0.1, 0.15) is 0 Å². The molecule has 2 aliphatic rings. The van der Waals surface area contributed by atoms with Crippen LogP contribution in [0.25, 0.3) is 76.5 Å². The van der Waals surface area contributed by atoms with Gasteiger partial charge in [0.15, 0.2) is 0 Å². The smallest absolute Gasteiger partial charge is 0.0497 e. The monoisotopic (exact) mass is 864 g/mol. The maximum absolute atomic E-state index is 2.49. The highest BCUT2D eigenvalue weighted by atomic mass is 15.2. The van der Waals surface area contributed by atoms with Gasteiger partial charge in [-0.2, -0.15) is 0 Å². The van der Waals surface area contributed by atoms with E-state index in [1.807, 2.05) is 0 Å². The predicted molar refractivity (Wildman–Crippen MR) is 288 cm³/mol. The molecule has 0 spiro atoms. The number of hydrogen-bond acceptors (Lipinski definition) is 2. The molecule has 12 aromatic rings. The van der Waals surface area contributed by atoms with E-state index in [0.29, 0.717) is 0 Å². The maximum Gasteiger partial charge on any atom is 0.0497 e. The zero-order valence-corrected chi connectivity index (χ0v) is 37.4. The van der Waals surface area contributed by atoms with Crippen LogP contribution in [0.4, 0.5) is 34.1 Å². The minimum Gasteiger partial charge on any atom is -0.310 e. The molecule has 0 radical (unpaired) electrons. The molecule has 0 saturated carbocycles. The van der Waals surface area contributed by atoms with Crippen molar-refractivity contribution in [1.82, 2.24) is 0 Å². The summed E-state index contributed by atoms with van der Waals surface area (Å²) < 4.78 is 0. The van der Waals surface area contributed by atoms with Crippen molar-refractivity contribution in [2.24, 2.45) is 0 Å². The molecule has 0 aromatic heterocycles.